The quantitative estimate of drug-likeness (QED) is 0.665. The summed E-state index contributed by atoms with van der Waals surface area (Å²) in [4.78, 5) is 15.0. The minimum Gasteiger partial charge on any atom is -0.339 e. The van der Waals surface area contributed by atoms with Gasteiger partial charge in [0.1, 0.15) is 5.82 Å². The molecule has 1 aliphatic carbocycles. The largest absolute Gasteiger partial charge is 0.339 e. The fourth-order valence-corrected chi connectivity index (χ4v) is 6.84. The van der Waals surface area contributed by atoms with Gasteiger partial charge in [-0.2, -0.15) is 0 Å². The number of carbonyl (C=O) groups is 1. The van der Waals surface area contributed by atoms with Gasteiger partial charge in [-0.1, -0.05) is 31.0 Å². The van der Waals surface area contributed by atoms with Crippen LogP contribution in [-0.2, 0) is 21.7 Å². The fourth-order valence-electron chi connectivity index (χ4n) is 4.21. The van der Waals surface area contributed by atoms with E-state index in [-0.39, 0.29) is 28.6 Å². The second-order valence-corrected chi connectivity index (χ2v) is 11.2. The maximum atomic E-state index is 13.0. The first-order valence-corrected chi connectivity index (χ1v) is 12.6. The van der Waals surface area contributed by atoms with Crippen molar-refractivity contribution in [2.75, 3.05) is 18.1 Å². The molecule has 0 bridgehead atoms. The number of thioether (sulfide) groups is 1. The second-order valence-electron chi connectivity index (χ2n) is 7.68. The molecule has 2 atom stereocenters. The highest BCUT2D eigenvalue weighted by Gasteiger charge is 2.33. The van der Waals surface area contributed by atoms with E-state index in [1.165, 1.54) is 31.0 Å². The summed E-state index contributed by atoms with van der Waals surface area (Å²) >= 11 is 1.41. The Balaban J connectivity index is 1.66. The van der Waals surface area contributed by atoms with E-state index in [1.54, 1.807) is 0 Å². The summed E-state index contributed by atoms with van der Waals surface area (Å²) in [7, 11) is -1.10. The van der Waals surface area contributed by atoms with Crippen molar-refractivity contribution in [3.63, 3.8) is 0 Å². The summed E-state index contributed by atoms with van der Waals surface area (Å²) in [5, 5.41) is 8.91. The first-order valence-electron chi connectivity index (χ1n) is 9.89. The lowest BCUT2D eigenvalue weighted by molar-refractivity contribution is -0.133. The van der Waals surface area contributed by atoms with Crippen molar-refractivity contribution in [3.05, 3.63) is 5.82 Å². The van der Waals surface area contributed by atoms with Crippen molar-refractivity contribution >= 4 is 27.5 Å². The van der Waals surface area contributed by atoms with Gasteiger partial charge < -0.3 is 9.47 Å². The van der Waals surface area contributed by atoms with Crippen molar-refractivity contribution < 1.29 is 13.2 Å². The summed E-state index contributed by atoms with van der Waals surface area (Å²) in [5.41, 5.74) is 0. The Morgan fingerprint density at radius 1 is 1.26 bits per heavy atom. The molecule has 2 heterocycles. The van der Waals surface area contributed by atoms with Crippen LogP contribution in [0.2, 0.25) is 0 Å². The molecule has 0 N–H and O–H groups in total. The molecule has 0 spiro atoms. The summed E-state index contributed by atoms with van der Waals surface area (Å²) in [6, 6.07) is 0.359. The maximum Gasteiger partial charge on any atom is 0.236 e. The standard InChI is InChI=1S/C18H30N4O3S2/c1-4-22(15-8-6-5-7-9-15)17(23)13(2)26-18-20-19-16(21(18)3)14-10-11-27(24,25)12-14/h13-15H,4-12H2,1-3H3/t13-,14-/m1/s1. The average Bonchev–Trinajstić information content (AvgIpc) is 3.18. The molecule has 1 aliphatic heterocycles. The van der Waals surface area contributed by atoms with Gasteiger partial charge in [-0.25, -0.2) is 8.42 Å². The lowest BCUT2D eigenvalue weighted by atomic mass is 9.94. The molecule has 3 rings (SSSR count). The van der Waals surface area contributed by atoms with Gasteiger partial charge in [0.2, 0.25) is 5.91 Å². The predicted octanol–water partition coefficient (Wildman–Crippen LogP) is 2.38. The first kappa shape index (κ1) is 20.6. The Bertz CT molecular complexity index is 772. The Labute approximate surface area is 166 Å². The summed E-state index contributed by atoms with van der Waals surface area (Å²) in [6.07, 6.45) is 6.46. The van der Waals surface area contributed by atoms with Crippen LogP contribution in [-0.4, -0.2) is 63.3 Å². The molecular weight excluding hydrogens is 384 g/mol. The Morgan fingerprint density at radius 2 is 1.96 bits per heavy atom. The normalized spacial score (nSPS) is 24.0. The number of sulfone groups is 1. The average molecular weight is 415 g/mol. The fraction of sp³-hybridized carbons (Fsp3) is 0.833. The van der Waals surface area contributed by atoms with Crippen LogP contribution in [0.3, 0.4) is 0 Å². The van der Waals surface area contributed by atoms with E-state index >= 15 is 0 Å². The van der Waals surface area contributed by atoms with Gasteiger partial charge in [0.05, 0.1) is 16.8 Å². The van der Waals surface area contributed by atoms with Crippen molar-refractivity contribution in [2.24, 2.45) is 7.05 Å². The summed E-state index contributed by atoms with van der Waals surface area (Å²) in [6.45, 7) is 4.70. The molecule has 9 heteroatoms. The molecule has 1 amide bonds. The highest BCUT2D eigenvalue weighted by atomic mass is 32.2. The molecular formula is C18H30N4O3S2. The van der Waals surface area contributed by atoms with E-state index in [2.05, 4.69) is 10.2 Å². The predicted molar refractivity (Wildman–Crippen MR) is 107 cm³/mol. The first-order chi connectivity index (χ1) is 12.8. The number of amides is 1. The summed E-state index contributed by atoms with van der Waals surface area (Å²) in [5.74, 6) is 1.13. The highest BCUT2D eigenvalue weighted by Crippen LogP contribution is 2.31. The van der Waals surface area contributed by atoms with Crippen LogP contribution < -0.4 is 0 Å². The van der Waals surface area contributed by atoms with Gasteiger partial charge in [-0.15, -0.1) is 10.2 Å². The van der Waals surface area contributed by atoms with Crippen LogP contribution in [0.4, 0.5) is 0 Å². The number of rotatable bonds is 6. The molecule has 1 saturated carbocycles. The molecule has 7 nitrogen and oxygen atoms in total. The third-order valence-electron chi connectivity index (χ3n) is 5.74. The minimum atomic E-state index is -2.96. The van der Waals surface area contributed by atoms with E-state index in [4.69, 9.17) is 0 Å². The van der Waals surface area contributed by atoms with Crippen molar-refractivity contribution in [1.29, 1.82) is 0 Å². The van der Waals surface area contributed by atoms with Gasteiger partial charge in [-0.3, -0.25) is 4.79 Å². The van der Waals surface area contributed by atoms with Crippen molar-refractivity contribution in [1.82, 2.24) is 19.7 Å². The molecule has 27 heavy (non-hydrogen) atoms. The highest BCUT2D eigenvalue weighted by molar-refractivity contribution is 8.00. The smallest absolute Gasteiger partial charge is 0.236 e. The third kappa shape index (κ3) is 4.67. The molecule has 0 unspecified atom stereocenters. The molecule has 152 valence electrons. The maximum absolute atomic E-state index is 13.0. The zero-order valence-electron chi connectivity index (χ0n) is 16.4. The number of nitrogens with zero attached hydrogens (tertiary/aromatic N) is 4. The van der Waals surface area contributed by atoms with Crippen molar-refractivity contribution in [3.8, 4) is 0 Å². The van der Waals surface area contributed by atoms with E-state index < -0.39 is 9.84 Å². The molecule has 1 aromatic rings. The van der Waals surface area contributed by atoms with Gasteiger partial charge >= 0.3 is 0 Å². The Kier molecular flexibility index (Phi) is 6.50. The van der Waals surface area contributed by atoms with Gasteiger partial charge in [0.25, 0.3) is 0 Å². The number of hydrogen-bond donors (Lipinski definition) is 0. The van der Waals surface area contributed by atoms with Gasteiger partial charge in [0, 0.05) is 25.6 Å². The SMILES string of the molecule is CCN(C(=O)[C@@H](C)Sc1nnc([C@@H]2CCS(=O)(=O)C2)n1C)C1CCCCC1. The molecule has 0 radical (unpaired) electrons. The molecule has 0 aromatic carbocycles. The zero-order chi connectivity index (χ0) is 19.6. The van der Waals surface area contributed by atoms with Crippen LogP contribution in [0.5, 0.6) is 0 Å². The van der Waals surface area contributed by atoms with Crippen LogP contribution in [0.1, 0.15) is 64.1 Å². The topological polar surface area (TPSA) is 85.2 Å². The molecule has 2 fully saturated rings. The summed E-state index contributed by atoms with van der Waals surface area (Å²) < 4.78 is 25.3. The molecule has 1 saturated heterocycles. The molecule has 2 aliphatic rings. The number of hydrogen-bond acceptors (Lipinski definition) is 6. The van der Waals surface area contributed by atoms with Crippen LogP contribution >= 0.6 is 11.8 Å². The number of carbonyl (C=O) groups excluding carboxylic acids is 1. The van der Waals surface area contributed by atoms with E-state index in [9.17, 15) is 13.2 Å². The van der Waals surface area contributed by atoms with E-state index in [1.807, 2.05) is 30.4 Å². The minimum absolute atomic E-state index is 0.0952. The van der Waals surface area contributed by atoms with E-state index in [0.717, 1.165) is 19.4 Å². The lowest BCUT2D eigenvalue weighted by Crippen LogP contribution is -2.44. The van der Waals surface area contributed by atoms with Crippen LogP contribution in [0.25, 0.3) is 0 Å². The van der Waals surface area contributed by atoms with E-state index in [0.29, 0.717) is 23.4 Å². The van der Waals surface area contributed by atoms with Crippen LogP contribution in [0, 0.1) is 0 Å². The van der Waals surface area contributed by atoms with Gasteiger partial charge in [0.15, 0.2) is 15.0 Å². The zero-order valence-corrected chi connectivity index (χ0v) is 18.1. The Morgan fingerprint density at radius 3 is 2.56 bits per heavy atom. The lowest BCUT2D eigenvalue weighted by Gasteiger charge is -2.35. The number of aromatic nitrogens is 3. The van der Waals surface area contributed by atoms with Crippen molar-refractivity contribution in [2.45, 2.75) is 74.7 Å². The van der Waals surface area contributed by atoms with Crippen LogP contribution in [0.15, 0.2) is 5.16 Å². The molecule has 1 aromatic heterocycles. The monoisotopic (exact) mass is 414 g/mol. The third-order valence-corrected chi connectivity index (χ3v) is 8.62. The second kappa shape index (κ2) is 8.51. The Hall–Kier alpha value is -1.09. The van der Waals surface area contributed by atoms with Gasteiger partial charge in [-0.05, 0) is 33.1 Å².